The van der Waals surface area contributed by atoms with E-state index in [2.05, 4.69) is 24.8 Å². The van der Waals surface area contributed by atoms with E-state index < -0.39 is 6.29 Å². The molecule has 0 amide bonds. The molecular weight excluding hydrogens is 292 g/mol. The van der Waals surface area contributed by atoms with Gasteiger partial charge in [0.25, 0.3) is 0 Å². The van der Waals surface area contributed by atoms with Crippen molar-refractivity contribution >= 4 is 23.1 Å². The maximum atomic E-state index is 12.9. The number of rotatable bonds is 2. The lowest BCUT2D eigenvalue weighted by Crippen LogP contribution is -2.25. The molecule has 0 saturated carbocycles. The van der Waals surface area contributed by atoms with Crippen LogP contribution in [0.1, 0.15) is 5.69 Å². The molecule has 3 rings (SSSR count). The fraction of sp³-hybridized carbons (Fsp3) is 0.167. The fourth-order valence-electron chi connectivity index (χ4n) is 1.77. The van der Waals surface area contributed by atoms with Crippen molar-refractivity contribution < 1.29 is 18.3 Å². The first kappa shape index (κ1) is 12.9. The van der Waals surface area contributed by atoms with Crippen molar-refractivity contribution in [1.82, 2.24) is 9.97 Å². The van der Waals surface area contributed by atoms with Crippen molar-refractivity contribution in [2.45, 2.75) is 13.2 Å². The first-order valence-electron chi connectivity index (χ1n) is 5.59. The molecule has 0 bridgehead atoms. The molecule has 0 unspecified atom stereocenters. The number of aromatic nitrogens is 2. The van der Waals surface area contributed by atoms with E-state index in [0.717, 1.165) is 0 Å². The van der Waals surface area contributed by atoms with Gasteiger partial charge < -0.3 is 14.8 Å². The molecule has 0 aliphatic carbocycles. The second kappa shape index (κ2) is 4.45. The SMILES string of the molecule is Cc1cc(Nc2ccc3c(c2)OC(F)(F)O3)nc(Cl)n1. The smallest absolute Gasteiger partial charge is 0.395 e. The Balaban J connectivity index is 1.86. The third kappa shape index (κ3) is 2.57. The number of nitrogens with one attached hydrogen (secondary N) is 1. The zero-order valence-electron chi connectivity index (χ0n) is 10.2. The average molecular weight is 300 g/mol. The first-order chi connectivity index (χ1) is 9.41. The van der Waals surface area contributed by atoms with Crippen molar-refractivity contribution in [1.29, 1.82) is 0 Å². The third-order valence-electron chi connectivity index (χ3n) is 2.50. The third-order valence-corrected chi connectivity index (χ3v) is 2.67. The van der Waals surface area contributed by atoms with Crippen molar-refractivity contribution in [2.24, 2.45) is 0 Å². The van der Waals surface area contributed by atoms with Crippen LogP contribution in [-0.4, -0.2) is 16.3 Å². The van der Waals surface area contributed by atoms with Crippen LogP contribution in [0, 0.1) is 6.92 Å². The zero-order chi connectivity index (χ0) is 14.3. The number of hydrogen-bond donors (Lipinski definition) is 1. The van der Waals surface area contributed by atoms with Crippen LogP contribution >= 0.6 is 11.6 Å². The van der Waals surface area contributed by atoms with Gasteiger partial charge in [0.05, 0.1) is 0 Å². The number of ether oxygens (including phenoxy) is 2. The van der Waals surface area contributed by atoms with Gasteiger partial charge in [-0.25, -0.2) is 9.97 Å². The monoisotopic (exact) mass is 299 g/mol. The molecule has 1 aromatic heterocycles. The summed E-state index contributed by atoms with van der Waals surface area (Å²) in [6, 6.07) is 6.01. The van der Waals surface area contributed by atoms with Crippen LogP contribution in [0.2, 0.25) is 5.28 Å². The number of halogens is 3. The molecule has 0 spiro atoms. The van der Waals surface area contributed by atoms with Crippen molar-refractivity contribution in [3.63, 3.8) is 0 Å². The Morgan fingerprint density at radius 1 is 1.15 bits per heavy atom. The summed E-state index contributed by atoms with van der Waals surface area (Å²) < 4.78 is 34.5. The molecule has 1 aliphatic heterocycles. The van der Waals surface area contributed by atoms with E-state index >= 15 is 0 Å². The van der Waals surface area contributed by atoms with E-state index in [1.54, 1.807) is 19.1 Å². The van der Waals surface area contributed by atoms with E-state index in [-0.39, 0.29) is 16.8 Å². The van der Waals surface area contributed by atoms with Gasteiger partial charge in [-0.15, -0.1) is 8.78 Å². The number of alkyl halides is 2. The molecule has 2 heterocycles. The summed E-state index contributed by atoms with van der Waals surface area (Å²) in [4.78, 5) is 7.90. The standard InChI is InChI=1S/C12H8ClF2N3O2/c1-6-4-10(18-11(13)16-6)17-7-2-3-8-9(5-7)20-12(14,15)19-8/h2-5H,1H3,(H,16,17,18). The van der Waals surface area contributed by atoms with Crippen LogP contribution in [-0.2, 0) is 0 Å². The maximum Gasteiger partial charge on any atom is 0.586 e. The summed E-state index contributed by atoms with van der Waals surface area (Å²) in [6.45, 7) is 1.76. The lowest BCUT2D eigenvalue weighted by atomic mass is 10.2. The van der Waals surface area contributed by atoms with E-state index in [1.807, 2.05) is 0 Å². The van der Waals surface area contributed by atoms with Gasteiger partial charge in [0.1, 0.15) is 5.82 Å². The summed E-state index contributed by atoms with van der Waals surface area (Å²) >= 11 is 5.74. The minimum Gasteiger partial charge on any atom is -0.395 e. The highest BCUT2D eigenvalue weighted by molar-refractivity contribution is 6.28. The Hall–Kier alpha value is -2.15. The lowest BCUT2D eigenvalue weighted by molar-refractivity contribution is -0.286. The van der Waals surface area contributed by atoms with Gasteiger partial charge in [0, 0.05) is 23.5 Å². The van der Waals surface area contributed by atoms with Crippen molar-refractivity contribution in [3.05, 3.63) is 35.2 Å². The van der Waals surface area contributed by atoms with Crippen LogP contribution in [0.25, 0.3) is 0 Å². The minimum absolute atomic E-state index is 0.0162. The summed E-state index contributed by atoms with van der Waals surface area (Å²) in [5.41, 5.74) is 1.19. The van der Waals surface area contributed by atoms with Gasteiger partial charge in [-0.3, -0.25) is 0 Å². The van der Waals surface area contributed by atoms with Gasteiger partial charge in [0.2, 0.25) is 5.28 Å². The molecule has 8 heteroatoms. The maximum absolute atomic E-state index is 12.9. The summed E-state index contributed by atoms with van der Waals surface area (Å²) in [5.74, 6) is 0.391. The second-order valence-corrected chi connectivity index (χ2v) is 4.46. The number of fused-ring (bicyclic) bond motifs is 1. The molecule has 0 atom stereocenters. The predicted octanol–water partition coefficient (Wildman–Crippen LogP) is 3.50. The highest BCUT2D eigenvalue weighted by Crippen LogP contribution is 2.42. The summed E-state index contributed by atoms with van der Waals surface area (Å²) in [7, 11) is 0. The predicted molar refractivity (Wildman–Crippen MR) is 67.7 cm³/mol. The number of aryl methyl sites for hydroxylation is 1. The normalized spacial score (nSPS) is 15.2. The van der Waals surface area contributed by atoms with E-state index in [0.29, 0.717) is 17.2 Å². The molecule has 0 saturated heterocycles. The van der Waals surface area contributed by atoms with Gasteiger partial charge in [0.15, 0.2) is 11.5 Å². The zero-order valence-corrected chi connectivity index (χ0v) is 10.9. The first-order valence-corrected chi connectivity index (χ1v) is 5.97. The number of nitrogens with zero attached hydrogens (tertiary/aromatic N) is 2. The fourth-order valence-corrected chi connectivity index (χ4v) is 2.00. The molecule has 5 nitrogen and oxygen atoms in total. The molecule has 1 aliphatic rings. The highest BCUT2D eigenvalue weighted by atomic mass is 35.5. The Kier molecular flexibility index (Phi) is 2.86. The Labute approximate surface area is 117 Å². The topological polar surface area (TPSA) is 56.3 Å². The van der Waals surface area contributed by atoms with Crippen LogP contribution in [0.3, 0.4) is 0 Å². The molecule has 1 N–H and O–H groups in total. The van der Waals surface area contributed by atoms with Crippen LogP contribution in [0.4, 0.5) is 20.3 Å². The Bertz CT molecular complexity index is 661. The Morgan fingerprint density at radius 3 is 2.65 bits per heavy atom. The summed E-state index contributed by atoms with van der Waals surface area (Å²) in [5, 5.41) is 3.02. The average Bonchev–Trinajstić information content (AvgIpc) is 2.60. The molecule has 0 fully saturated rings. The highest BCUT2D eigenvalue weighted by Gasteiger charge is 2.43. The number of hydrogen-bond acceptors (Lipinski definition) is 5. The summed E-state index contributed by atoms with van der Waals surface area (Å²) in [6.07, 6.45) is -3.63. The van der Waals surface area contributed by atoms with Gasteiger partial charge in [-0.1, -0.05) is 0 Å². The van der Waals surface area contributed by atoms with Crippen LogP contribution < -0.4 is 14.8 Å². The van der Waals surface area contributed by atoms with Gasteiger partial charge in [-0.05, 0) is 30.7 Å². The largest absolute Gasteiger partial charge is 0.586 e. The van der Waals surface area contributed by atoms with Gasteiger partial charge in [-0.2, -0.15) is 0 Å². The lowest BCUT2D eigenvalue weighted by Gasteiger charge is -2.07. The molecule has 1 aromatic carbocycles. The second-order valence-electron chi connectivity index (χ2n) is 4.12. The molecule has 104 valence electrons. The number of anilines is 2. The number of benzene rings is 1. The van der Waals surface area contributed by atoms with E-state index in [9.17, 15) is 8.78 Å². The molecular formula is C12H8ClF2N3O2. The van der Waals surface area contributed by atoms with Crippen molar-refractivity contribution in [2.75, 3.05) is 5.32 Å². The van der Waals surface area contributed by atoms with E-state index in [1.165, 1.54) is 12.1 Å². The minimum atomic E-state index is -3.63. The van der Waals surface area contributed by atoms with Crippen LogP contribution in [0.5, 0.6) is 11.5 Å². The van der Waals surface area contributed by atoms with Crippen molar-refractivity contribution in [3.8, 4) is 11.5 Å². The quantitative estimate of drug-likeness (QED) is 0.860. The van der Waals surface area contributed by atoms with Gasteiger partial charge >= 0.3 is 6.29 Å². The van der Waals surface area contributed by atoms with Crippen LogP contribution in [0.15, 0.2) is 24.3 Å². The molecule has 0 radical (unpaired) electrons. The molecule has 20 heavy (non-hydrogen) atoms. The molecule has 2 aromatic rings. The Morgan fingerprint density at radius 2 is 1.90 bits per heavy atom. The van der Waals surface area contributed by atoms with E-state index in [4.69, 9.17) is 11.6 Å².